The Balaban J connectivity index is 1.57. The summed E-state index contributed by atoms with van der Waals surface area (Å²) in [5, 5.41) is -0.799. The van der Waals surface area contributed by atoms with Crippen LogP contribution in [0.2, 0.25) is 0 Å². The number of hydrogen-bond donors (Lipinski definition) is 0. The molecule has 0 heterocycles. The topological polar surface area (TPSA) is 0 Å². The molecule has 4 rings (SSSR count). The minimum atomic E-state index is -0.799. The Hall–Kier alpha value is 0.410. The van der Waals surface area contributed by atoms with Crippen LogP contribution < -0.4 is 0 Å². The molecule has 0 radical (unpaired) electrons. The Labute approximate surface area is 150 Å². The summed E-state index contributed by atoms with van der Waals surface area (Å²) in [5.41, 5.74) is 1.07. The molecule has 23 heavy (non-hydrogen) atoms. The van der Waals surface area contributed by atoms with Crippen molar-refractivity contribution >= 4 is 15.9 Å². The zero-order valence-corrected chi connectivity index (χ0v) is 16.6. The van der Waals surface area contributed by atoms with Crippen LogP contribution in [0, 0.1) is 40.4 Å². The second-order valence-electron chi connectivity index (χ2n) is 9.85. The van der Waals surface area contributed by atoms with Gasteiger partial charge in [0.1, 0.15) is 0 Å². The molecule has 0 bridgehead atoms. The molecule has 0 spiro atoms. The van der Waals surface area contributed by atoms with Crippen LogP contribution in [0.5, 0.6) is 0 Å². The second-order valence-corrected chi connectivity index (χ2v) is 10.8. The number of rotatable bonds is 2. The summed E-state index contributed by atoms with van der Waals surface area (Å²) in [6.07, 6.45) is 15.1. The van der Waals surface area contributed by atoms with Gasteiger partial charge in [-0.15, -0.1) is 0 Å². The van der Waals surface area contributed by atoms with Gasteiger partial charge in [-0.1, -0.05) is 42.6 Å². The molecule has 2 heteroatoms. The van der Waals surface area contributed by atoms with Crippen molar-refractivity contribution in [2.75, 3.05) is 0 Å². The number of alkyl halides is 2. The molecule has 4 fully saturated rings. The maximum absolute atomic E-state index is 13.6. The van der Waals surface area contributed by atoms with E-state index < -0.39 is 5.08 Å². The molecule has 4 aliphatic rings. The van der Waals surface area contributed by atoms with Crippen LogP contribution in [0.4, 0.5) is 4.39 Å². The van der Waals surface area contributed by atoms with E-state index in [4.69, 9.17) is 0 Å². The van der Waals surface area contributed by atoms with E-state index in [1.165, 1.54) is 64.2 Å². The van der Waals surface area contributed by atoms with E-state index in [-0.39, 0.29) is 0 Å². The highest BCUT2D eigenvalue weighted by atomic mass is 79.9. The SMILES string of the molecule is C[C@]12CC[C@H]3[C@@H](CCC4CCCC[C@@]43C)[C@@H]1CC[C@@H]2CC(F)Br. The van der Waals surface area contributed by atoms with Crippen LogP contribution in [0.1, 0.15) is 84.5 Å². The van der Waals surface area contributed by atoms with Crippen molar-refractivity contribution in [3.05, 3.63) is 0 Å². The fourth-order valence-electron chi connectivity index (χ4n) is 8.01. The van der Waals surface area contributed by atoms with Gasteiger partial charge in [0.25, 0.3) is 0 Å². The molecule has 0 nitrogen and oxygen atoms in total. The molecular weight excluding hydrogens is 351 g/mol. The van der Waals surface area contributed by atoms with Gasteiger partial charge in [-0.2, -0.15) is 0 Å². The molecule has 4 saturated carbocycles. The van der Waals surface area contributed by atoms with Gasteiger partial charge in [0.05, 0.1) is 0 Å². The summed E-state index contributed by atoms with van der Waals surface area (Å²) >= 11 is 3.18. The first kappa shape index (κ1) is 16.9. The molecule has 2 unspecified atom stereocenters. The fourth-order valence-corrected chi connectivity index (χ4v) is 8.46. The van der Waals surface area contributed by atoms with Gasteiger partial charge in [-0.25, -0.2) is 4.39 Å². The minimum absolute atomic E-state index is 0.428. The van der Waals surface area contributed by atoms with E-state index in [9.17, 15) is 4.39 Å². The predicted octanol–water partition coefficient (Wildman–Crippen LogP) is 7.12. The molecule has 0 saturated heterocycles. The summed E-state index contributed by atoms with van der Waals surface area (Å²) < 4.78 is 13.6. The van der Waals surface area contributed by atoms with Crippen molar-refractivity contribution in [3.8, 4) is 0 Å². The lowest BCUT2D eigenvalue weighted by molar-refractivity contribution is -0.111. The van der Waals surface area contributed by atoms with Crippen LogP contribution in [0.3, 0.4) is 0 Å². The maximum atomic E-state index is 13.6. The molecule has 0 aromatic carbocycles. The zero-order valence-electron chi connectivity index (χ0n) is 15.0. The molecule has 0 N–H and O–H groups in total. The van der Waals surface area contributed by atoms with Crippen molar-refractivity contribution in [3.63, 3.8) is 0 Å². The summed E-state index contributed by atoms with van der Waals surface area (Å²) in [7, 11) is 0. The average Bonchev–Trinajstić information content (AvgIpc) is 2.83. The van der Waals surface area contributed by atoms with Crippen molar-refractivity contribution < 1.29 is 4.39 Å². The van der Waals surface area contributed by atoms with E-state index >= 15 is 0 Å². The number of fused-ring (bicyclic) bond motifs is 5. The van der Waals surface area contributed by atoms with Crippen molar-refractivity contribution in [1.29, 1.82) is 0 Å². The Morgan fingerprint density at radius 2 is 1.70 bits per heavy atom. The molecule has 0 aromatic rings. The third kappa shape index (κ3) is 2.56. The first-order valence-corrected chi connectivity index (χ1v) is 11.1. The quantitative estimate of drug-likeness (QED) is 0.444. The van der Waals surface area contributed by atoms with Crippen LogP contribution in [-0.4, -0.2) is 5.08 Å². The highest BCUT2D eigenvalue weighted by Gasteiger charge is 2.59. The average molecular weight is 385 g/mol. The van der Waals surface area contributed by atoms with E-state index in [0.29, 0.717) is 16.7 Å². The van der Waals surface area contributed by atoms with Gasteiger partial charge in [0, 0.05) is 0 Å². The maximum Gasteiger partial charge on any atom is 0.155 e. The molecule has 4 aliphatic carbocycles. The first-order chi connectivity index (χ1) is 10.9. The Morgan fingerprint density at radius 1 is 0.913 bits per heavy atom. The van der Waals surface area contributed by atoms with Gasteiger partial charge in [0.15, 0.2) is 5.08 Å². The van der Waals surface area contributed by atoms with Gasteiger partial charge >= 0.3 is 0 Å². The van der Waals surface area contributed by atoms with E-state index in [1.54, 1.807) is 0 Å². The number of hydrogen-bond acceptors (Lipinski definition) is 0. The largest absolute Gasteiger partial charge is 0.235 e. The highest BCUT2D eigenvalue weighted by Crippen LogP contribution is 2.67. The van der Waals surface area contributed by atoms with Gasteiger partial charge < -0.3 is 0 Å². The summed E-state index contributed by atoms with van der Waals surface area (Å²) in [5.74, 6) is 4.43. The fraction of sp³-hybridized carbons (Fsp3) is 1.00. The molecule has 8 atom stereocenters. The van der Waals surface area contributed by atoms with Gasteiger partial charge in [-0.05, 0) is 98.2 Å². The normalized spacial score (nSPS) is 54.0. The van der Waals surface area contributed by atoms with Crippen molar-refractivity contribution in [2.24, 2.45) is 40.4 Å². The smallest absolute Gasteiger partial charge is 0.155 e. The molecule has 0 aromatic heterocycles. The monoisotopic (exact) mass is 384 g/mol. The van der Waals surface area contributed by atoms with E-state index in [2.05, 4.69) is 29.8 Å². The van der Waals surface area contributed by atoms with Crippen LogP contribution in [0.15, 0.2) is 0 Å². The summed E-state index contributed by atoms with van der Waals surface area (Å²) in [6.45, 7) is 5.18. The van der Waals surface area contributed by atoms with Crippen LogP contribution >= 0.6 is 15.9 Å². The Bertz CT molecular complexity index is 449. The Morgan fingerprint density at radius 3 is 2.48 bits per heavy atom. The lowest BCUT2D eigenvalue weighted by atomic mass is 9.45. The highest BCUT2D eigenvalue weighted by molar-refractivity contribution is 9.09. The second kappa shape index (κ2) is 5.99. The first-order valence-electron chi connectivity index (χ1n) is 10.2. The third-order valence-electron chi connectivity index (χ3n) is 9.24. The third-order valence-corrected chi connectivity index (χ3v) is 9.62. The molecule has 0 amide bonds. The van der Waals surface area contributed by atoms with Gasteiger partial charge in [-0.3, -0.25) is 0 Å². The van der Waals surface area contributed by atoms with E-state index in [1.807, 2.05) is 0 Å². The van der Waals surface area contributed by atoms with Crippen LogP contribution in [-0.2, 0) is 0 Å². The predicted molar refractivity (Wildman–Crippen MR) is 98.3 cm³/mol. The van der Waals surface area contributed by atoms with Crippen molar-refractivity contribution in [1.82, 2.24) is 0 Å². The lowest BCUT2D eigenvalue weighted by Crippen LogP contribution is -2.52. The van der Waals surface area contributed by atoms with Crippen LogP contribution in [0.25, 0.3) is 0 Å². The minimum Gasteiger partial charge on any atom is -0.235 e. The lowest BCUT2D eigenvalue weighted by Gasteiger charge is -2.60. The van der Waals surface area contributed by atoms with Crippen molar-refractivity contribution in [2.45, 2.75) is 89.6 Å². The summed E-state index contributed by atoms with van der Waals surface area (Å²) in [6, 6.07) is 0. The number of halogens is 2. The standard InChI is InChI=1S/C21H34BrF/c1-20-11-4-3-5-14(20)6-8-16-17-9-7-15(13-19(22)23)21(17,2)12-10-18(16)20/h14-19H,3-13H2,1-2H3/t14?,15-,16+,17+,18+,19?,20+,21-/m1/s1. The van der Waals surface area contributed by atoms with Gasteiger partial charge in [0.2, 0.25) is 0 Å². The Kier molecular flexibility index (Phi) is 4.39. The molecule has 0 aliphatic heterocycles. The summed E-state index contributed by atoms with van der Waals surface area (Å²) in [4.78, 5) is 0. The molecular formula is C21H34BrF. The van der Waals surface area contributed by atoms with E-state index in [0.717, 1.165) is 30.1 Å². The molecule has 132 valence electrons. The zero-order chi connectivity index (χ0) is 16.2.